The highest BCUT2D eigenvalue weighted by molar-refractivity contribution is 7.47. The van der Waals surface area contributed by atoms with Crippen LogP contribution in [0.4, 0.5) is 0 Å². The molecule has 0 aromatic heterocycles. The van der Waals surface area contributed by atoms with Crippen molar-refractivity contribution in [1.82, 2.24) is 5.32 Å². The standard InChI is InChI=1S/C66H117N2O6P/c1-6-8-10-12-14-16-18-20-22-24-26-27-28-29-30-31-32-33-34-35-36-37-38-39-40-41-42-44-46-48-50-52-54-56-58-60-66(70)67-64(63-74-75(71,72)73-62-61-68(3,4)5)65(69)59-57-55-53-51-49-47-45-43-25-23-21-19-17-15-13-11-9-7-2/h8,10,14,16,20,22,26-27,29-30,32-33,35-36,49,51,57,59,64-65,69H,6-7,9,11-13,15,17-19,21,23-25,28,31,34,37-48,50,52-56,58,60-63H2,1-5H3,(H-,67,70,71,72)/p+1/b10-8-,16-14-,22-20-,27-26-,30-29-,33-32-,36-35-,51-49+,59-57+. The van der Waals surface area contributed by atoms with Crippen molar-refractivity contribution in [3.63, 3.8) is 0 Å². The summed E-state index contributed by atoms with van der Waals surface area (Å²) in [4.78, 5) is 23.3. The monoisotopic (exact) mass is 1070 g/mol. The van der Waals surface area contributed by atoms with Gasteiger partial charge in [-0.1, -0.05) is 264 Å². The summed E-state index contributed by atoms with van der Waals surface area (Å²) in [6, 6.07) is -0.871. The summed E-state index contributed by atoms with van der Waals surface area (Å²) in [6.07, 6.45) is 82.0. The molecule has 0 aliphatic rings. The Kier molecular flexibility index (Phi) is 53.8. The second kappa shape index (κ2) is 55.9. The third-order valence-corrected chi connectivity index (χ3v) is 14.2. The molecule has 0 rings (SSSR count). The number of nitrogens with one attached hydrogen (secondary N) is 1. The molecule has 0 bridgehead atoms. The van der Waals surface area contributed by atoms with E-state index in [1.807, 2.05) is 27.2 Å². The highest BCUT2D eigenvalue weighted by atomic mass is 31.2. The van der Waals surface area contributed by atoms with Crippen LogP contribution in [0.15, 0.2) is 109 Å². The Bertz CT molecular complexity index is 1590. The van der Waals surface area contributed by atoms with Crippen LogP contribution in [0, 0.1) is 0 Å². The van der Waals surface area contributed by atoms with Gasteiger partial charge in [-0.05, 0) is 89.9 Å². The van der Waals surface area contributed by atoms with Crippen molar-refractivity contribution >= 4 is 13.7 Å². The Labute approximate surface area is 463 Å². The molecule has 75 heavy (non-hydrogen) atoms. The summed E-state index contributed by atoms with van der Waals surface area (Å²) in [6.45, 7) is 4.68. The zero-order chi connectivity index (χ0) is 54.9. The van der Waals surface area contributed by atoms with E-state index < -0.39 is 20.0 Å². The third kappa shape index (κ3) is 58.7. The molecule has 0 saturated heterocycles. The van der Waals surface area contributed by atoms with Crippen molar-refractivity contribution in [2.75, 3.05) is 40.9 Å². The summed E-state index contributed by atoms with van der Waals surface area (Å²) in [7, 11) is 1.55. The molecule has 3 unspecified atom stereocenters. The first-order valence-electron chi connectivity index (χ1n) is 30.8. The zero-order valence-electron chi connectivity index (χ0n) is 49.3. The number of aliphatic hydroxyl groups is 1. The first-order valence-corrected chi connectivity index (χ1v) is 32.3. The molecule has 0 saturated carbocycles. The van der Waals surface area contributed by atoms with E-state index >= 15 is 0 Å². The van der Waals surface area contributed by atoms with E-state index in [0.29, 0.717) is 17.4 Å². The first kappa shape index (κ1) is 72.2. The Morgan fingerprint density at radius 3 is 1.23 bits per heavy atom. The Hall–Kier alpha value is -2.84. The lowest BCUT2D eigenvalue weighted by Crippen LogP contribution is -2.45. The van der Waals surface area contributed by atoms with E-state index in [-0.39, 0.29) is 19.1 Å². The second-order valence-electron chi connectivity index (χ2n) is 21.7. The molecule has 0 aromatic rings. The lowest BCUT2D eigenvalue weighted by Gasteiger charge is -2.25. The van der Waals surface area contributed by atoms with E-state index in [4.69, 9.17) is 9.05 Å². The van der Waals surface area contributed by atoms with Crippen molar-refractivity contribution in [1.29, 1.82) is 0 Å². The van der Waals surface area contributed by atoms with Crippen molar-refractivity contribution in [2.24, 2.45) is 0 Å². The van der Waals surface area contributed by atoms with Gasteiger partial charge in [0.1, 0.15) is 13.2 Å². The molecule has 9 heteroatoms. The van der Waals surface area contributed by atoms with Gasteiger partial charge in [-0.25, -0.2) is 4.57 Å². The Morgan fingerprint density at radius 1 is 0.467 bits per heavy atom. The van der Waals surface area contributed by atoms with Crippen LogP contribution in [-0.2, 0) is 18.4 Å². The minimum Gasteiger partial charge on any atom is -0.387 e. The van der Waals surface area contributed by atoms with Gasteiger partial charge in [-0.3, -0.25) is 13.8 Å². The van der Waals surface area contributed by atoms with Crippen LogP contribution in [0.5, 0.6) is 0 Å². The van der Waals surface area contributed by atoms with Crippen LogP contribution in [-0.4, -0.2) is 73.4 Å². The number of nitrogens with zero attached hydrogens (tertiary/aromatic N) is 1. The van der Waals surface area contributed by atoms with Crippen LogP contribution in [0.25, 0.3) is 0 Å². The summed E-state index contributed by atoms with van der Waals surface area (Å²) in [5.41, 5.74) is 0. The molecule has 8 nitrogen and oxygen atoms in total. The maximum Gasteiger partial charge on any atom is 0.472 e. The number of hydrogen-bond donors (Lipinski definition) is 3. The van der Waals surface area contributed by atoms with Gasteiger partial charge in [0.25, 0.3) is 0 Å². The molecule has 3 atom stereocenters. The molecule has 0 heterocycles. The number of likely N-dealkylation sites (N-methyl/N-ethyl adjacent to an activating group) is 1. The largest absolute Gasteiger partial charge is 0.472 e. The number of quaternary nitrogens is 1. The van der Waals surface area contributed by atoms with Crippen molar-refractivity contribution in [3.05, 3.63) is 109 Å². The van der Waals surface area contributed by atoms with Crippen LogP contribution < -0.4 is 5.32 Å². The molecule has 0 spiro atoms. The number of carbonyl (C=O) groups is 1. The molecule has 1 amide bonds. The van der Waals surface area contributed by atoms with Crippen LogP contribution in [0.2, 0.25) is 0 Å². The summed E-state index contributed by atoms with van der Waals surface area (Å²) in [5, 5.41) is 13.9. The number of unbranched alkanes of at least 4 members (excludes halogenated alkanes) is 26. The maximum absolute atomic E-state index is 13.0. The van der Waals surface area contributed by atoms with Crippen molar-refractivity contribution in [3.8, 4) is 0 Å². The maximum atomic E-state index is 13.0. The number of amides is 1. The van der Waals surface area contributed by atoms with Gasteiger partial charge in [-0.15, -0.1) is 0 Å². The van der Waals surface area contributed by atoms with E-state index in [1.165, 1.54) is 148 Å². The van der Waals surface area contributed by atoms with E-state index in [0.717, 1.165) is 83.5 Å². The second-order valence-corrected chi connectivity index (χ2v) is 23.1. The SMILES string of the molecule is CC/C=C\C/C=C\C/C=C\C/C=C\C/C=C\C/C=C\C/C=C\CCCCCCCCCCCCCCCC(=O)NC(COP(=O)(O)OCC[N+](C)(C)C)C(O)/C=C/CC/C=C/CCCCCCCCCCCCCC. The number of carbonyl (C=O) groups excluding carboxylic acids is 1. The average Bonchev–Trinajstić information content (AvgIpc) is 3.37. The normalized spacial score (nSPS) is 14.6. The van der Waals surface area contributed by atoms with Gasteiger partial charge in [0.15, 0.2) is 0 Å². The predicted molar refractivity (Wildman–Crippen MR) is 327 cm³/mol. The van der Waals surface area contributed by atoms with E-state index in [2.05, 4.69) is 116 Å². The number of hydrogen-bond acceptors (Lipinski definition) is 5. The quantitative estimate of drug-likeness (QED) is 0.0243. The topological polar surface area (TPSA) is 105 Å². The van der Waals surface area contributed by atoms with E-state index in [9.17, 15) is 19.4 Å². The molecule has 0 aliphatic carbocycles. The predicted octanol–water partition coefficient (Wildman–Crippen LogP) is 19.2. The minimum atomic E-state index is -4.36. The fourth-order valence-corrected chi connectivity index (χ4v) is 9.19. The van der Waals surface area contributed by atoms with Crippen LogP contribution in [0.1, 0.15) is 251 Å². The molecular formula is C66H118N2O6P+. The molecule has 0 radical (unpaired) electrons. The summed E-state index contributed by atoms with van der Waals surface area (Å²) in [5.74, 6) is -0.191. The zero-order valence-corrected chi connectivity index (χ0v) is 50.1. The Balaban J connectivity index is 4.15. The van der Waals surface area contributed by atoms with Crippen molar-refractivity contribution in [2.45, 2.75) is 264 Å². The van der Waals surface area contributed by atoms with Gasteiger partial charge in [0.2, 0.25) is 5.91 Å². The number of allylic oxidation sites excluding steroid dienone is 17. The molecule has 0 fully saturated rings. The van der Waals surface area contributed by atoms with Gasteiger partial charge >= 0.3 is 7.82 Å². The Morgan fingerprint density at radius 2 is 0.813 bits per heavy atom. The average molecular weight is 1070 g/mol. The van der Waals surface area contributed by atoms with Crippen LogP contribution >= 0.6 is 7.82 Å². The third-order valence-electron chi connectivity index (χ3n) is 13.2. The van der Waals surface area contributed by atoms with Gasteiger partial charge in [-0.2, -0.15) is 0 Å². The van der Waals surface area contributed by atoms with E-state index in [1.54, 1.807) is 6.08 Å². The molecule has 3 N–H and O–H groups in total. The van der Waals surface area contributed by atoms with Crippen LogP contribution in [0.3, 0.4) is 0 Å². The molecular weight excluding hydrogens is 948 g/mol. The first-order chi connectivity index (χ1) is 36.5. The molecule has 432 valence electrons. The number of rotatable bonds is 55. The van der Waals surface area contributed by atoms with Gasteiger partial charge in [0.05, 0.1) is 39.9 Å². The summed E-state index contributed by atoms with van der Waals surface area (Å²) < 4.78 is 23.7. The van der Waals surface area contributed by atoms with Gasteiger partial charge < -0.3 is 19.8 Å². The number of phosphoric acid groups is 1. The van der Waals surface area contributed by atoms with Gasteiger partial charge in [0, 0.05) is 6.42 Å². The number of aliphatic hydroxyl groups excluding tert-OH is 1. The lowest BCUT2D eigenvalue weighted by atomic mass is 10.0. The fourth-order valence-electron chi connectivity index (χ4n) is 8.45. The van der Waals surface area contributed by atoms with Crippen molar-refractivity contribution < 1.29 is 32.9 Å². The number of phosphoric ester groups is 1. The molecule has 0 aliphatic heterocycles. The minimum absolute atomic E-state index is 0.0520. The highest BCUT2D eigenvalue weighted by Gasteiger charge is 2.27. The lowest BCUT2D eigenvalue weighted by molar-refractivity contribution is -0.870. The molecule has 0 aromatic carbocycles. The highest BCUT2D eigenvalue weighted by Crippen LogP contribution is 2.43. The smallest absolute Gasteiger partial charge is 0.387 e. The fraction of sp³-hybridized carbons (Fsp3) is 0.712. The summed E-state index contributed by atoms with van der Waals surface area (Å²) >= 11 is 0.